The maximum Gasteiger partial charge on any atom is 0.128 e. The first-order valence-electron chi connectivity index (χ1n) is 6.73. The van der Waals surface area contributed by atoms with Crippen molar-refractivity contribution in [1.29, 1.82) is 0 Å². The molecule has 0 aliphatic rings. The first-order chi connectivity index (χ1) is 9.63. The molecular formula is C16H18F2N2. The summed E-state index contributed by atoms with van der Waals surface area (Å²) >= 11 is 0. The number of benzene rings is 1. The molecule has 0 spiro atoms. The fourth-order valence-corrected chi connectivity index (χ4v) is 2.21. The molecule has 2 nitrogen and oxygen atoms in total. The Morgan fingerprint density at radius 1 is 1.20 bits per heavy atom. The fourth-order valence-electron chi connectivity index (χ4n) is 2.21. The first kappa shape index (κ1) is 14.6. The van der Waals surface area contributed by atoms with E-state index >= 15 is 0 Å². The zero-order valence-electron chi connectivity index (χ0n) is 11.7. The Morgan fingerprint density at radius 3 is 2.70 bits per heavy atom. The Labute approximate surface area is 117 Å². The van der Waals surface area contributed by atoms with Gasteiger partial charge in [0.1, 0.15) is 11.6 Å². The molecule has 0 amide bonds. The van der Waals surface area contributed by atoms with Crippen LogP contribution in [-0.2, 0) is 0 Å². The van der Waals surface area contributed by atoms with Gasteiger partial charge in [-0.3, -0.25) is 4.98 Å². The average Bonchev–Trinajstić information content (AvgIpc) is 2.44. The van der Waals surface area contributed by atoms with Crippen molar-refractivity contribution in [1.82, 2.24) is 10.3 Å². The maximum atomic E-state index is 14.0. The number of aromatic nitrogens is 1. The zero-order valence-corrected chi connectivity index (χ0v) is 11.7. The third-order valence-electron chi connectivity index (χ3n) is 3.23. The first-order valence-corrected chi connectivity index (χ1v) is 6.73. The van der Waals surface area contributed by atoms with E-state index in [1.807, 2.05) is 19.9 Å². The van der Waals surface area contributed by atoms with E-state index in [1.165, 1.54) is 6.07 Å². The van der Waals surface area contributed by atoms with Crippen molar-refractivity contribution in [2.24, 2.45) is 0 Å². The van der Waals surface area contributed by atoms with Gasteiger partial charge in [-0.2, -0.15) is 0 Å². The van der Waals surface area contributed by atoms with Gasteiger partial charge in [-0.25, -0.2) is 8.78 Å². The molecule has 20 heavy (non-hydrogen) atoms. The van der Waals surface area contributed by atoms with Crippen LogP contribution in [0.25, 0.3) is 0 Å². The van der Waals surface area contributed by atoms with Crippen LogP contribution in [0.15, 0.2) is 36.5 Å². The quantitative estimate of drug-likeness (QED) is 0.899. The summed E-state index contributed by atoms with van der Waals surface area (Å²) in [4.78, 5) is 4.23. The summed E-state index contributed by atoms with van der Waals surface area (Å²) in [7, 11) is 0. The van der Waals surface area contributed by atoms with Crippen molar-refractivity contribution in [3.8, 4) is 0 Å². The van der Waals surface area contributed by atoms with Gasteiger partial charge in [0.15, 0.2) is 0 Å². The maximum absolute atomic E-state index is 14.0. The lowest BCUT2D eigenvalue weighted by atomic mass is 9.97. The number of hydrogen-bond donors (Lipinski definition) is 1. The van der Waals surface area contributed by atoms with E-state index in [1.54, 1.807) is 12.3 Å². The average molecular weight is 276 g/mol. The number of rotatable bonds is 5. The van der Waals surface area contributed by atoms with Gasteiger partial charge in [0, 0.05) is 17.5 Å². The van der Waals surface area contributed by atoms with Gasteiger partial charge in [0.25, 0.3) is 0 Å². The minimum atomic E-state index is -0.439. The summed E-state index contributed by atoms with van der Waals surface area (Å²) in [6.45, 7) is 4.62. The summed E-state index contributed by atoms with van der Waals surface area (Å²) in [6.07, 6.45) is 2.60. The van der Waals surface area contributed by atoms with Crippen LogP contribution in [0, 0.1) is 18.6 Å². The lowest BCUT2D eigenvalue weighted by Gasteiger charge is -2.21. The molecule has 106 valence electrons. The van der Waals surface area contributed by atoms with E-state index in [0.717, 1.165) is 36.4 Å². The second-order valence-corrected chi connectivity index (χ2v) is 4.73. The molecule has 1 heterocycles. The van der Waals surface area contributed by atoms with E-state index in [2.05, 4.69) is 10.3 Å². The van der Waals surface area contributed by atoms with Crippen molar-refractivity contribution in [3.63, 3.8) is 0 Å². The Balaban J connectivity index is 2.47. The summed E-state index contributed by atoms with van der Waals surface area (Å²) in [5, 5.41) is 3.26. The molecule has 4 heteroatoms. The highest BCUT2D eigenvalue weighted by Gasteiger charge is 2.20. The standard InChI is InChI=1S/C16H18F2N2/c1-3-8-20-16(13-5-4-9-19-11(13)2)14-10-12(17)6-7-15(14)18/h4-7,9-10,16,20H,3,8H2,1-2H3. The molecule has 1 atom stereocenters. The predicted octanol–water partition coefficient (Wildman–Crippen LogP) is 3.76. The molecule has 0 saturated heterocycles. The molecule has 1 unspecified atom stereocenters. The normalized spacial score (nSPS) is 12.4. The van der Waals surface area contributed by atoms with Crippen LogP contribution in [0.1, 0.15) is 36.2 Å². The molecule has 0 bridgehead atoms. The Bertz CT molecular complexity index is 584. The van der Waals surface area contributed by atoms with Crippen LogP contribution in [0.5, 0.6) is 0 Å². The number of hydrogen-bond acceptors (Lipinski definition) is 2. The van der Waals surface area contributed by atoms with Crippen molar-refractivity contribution in [2.75, 3.05) is 6.54 Å². The molecule has 2 aromatic rings. The van der Waals surface area contributed by atoms with E-state index in [9.17, 15) is 8.78 Å². The van der Waals surface area contributed by atoms with Gasteiger partial charge in [-0.05, 0) is 49.7 Å². The van der Waals surface area contributed by atoms with Crippen LogP contribution in [0.3, 0.4) is 0 Å². The fraction of sp³-hybridized carbons (Fsp3) is 0.312. The predicted molar refractivity (Wildman–Crippen MR) is 75.5 cm³/mol. The molecule has 1 aromatic heterocycles. The molecule has 0 aliphatic carbocycles. The van der Waals surface area contributed by atoms with Gasteiger partial charge in [-0.1, -0.05) is 13.0 Å². The van der Waals surface area contributed by atoms with Crippen LogP contribution >= 0.6 is 0 Å². The largest absolute Gasteiger partial charge is 0.306 e. The summed E-state index contributed by atoms with van der Waals surface area (Å²) in [5.74, 6) is -0.852. The van der Waals surface area contributed by atoms with E-state index in [0.29, 0.717) is 5.56 Å². The number of halogens is 2. The summed E-state index contributed by atoms with van der Waals surface area (Å²) in [5.41, 5.74) is 1.99. The van der Waals surface area contributed by atoms with E-state index < -0.39 is 11.6 Å². The minimum absolute atomic E-state index is 0.314. The molecular weight excluding hydrogens is 258 g/mol. The van der Waals surface area contributed by atoms with Crippen LogP contribution in [0.4, 0.5) is 8.78 Å². The number of pyridine rings is 1. The van der Waals surface area contributed by atoms with Gasteiger partial charge in [0.05, 0.1) is 6.04 Å². The van der Waals surface area contributed by atoms with Gasteiger partial charge in [-0.15, -0.1) is 0 Å². The topological polar surface area (TPSA) is 24.9 Å². The highest BCUT2D eigenvalue weighted by atomic mass is 19.1. The Hall–Kier alpha value is -1.81. The molecule has 0 aliphatic heterocycles. The monoisotopic (exact) mass is 276 g/mol. The smallest absolute Gasteiger partial charge is 0.128 e. The van der Waals surface area contributed by atoms with E-state index in [-0.39, 0.29) is 6.04 Å². The van der Waals surface area contributed by atoms with E-state index in [4.69, 9.17) is 0 Å². The third-order valence-corrected chi connectivity index (χ3v) is 3.23. The molecule has 2 rings (SSSR count). The van der Waals surface area contributed by atoms with Crippen LogP contribution in [0.2, 0.25) is 0 Å². The van der Waals surface area contributed by atoms with Crippen LogP contribution in [-0.4, -0.2) is 11.5 Å². The van der Waals surface area contributed by atoms with Gasteiger partial charge < -0.3 is 5.32 Å². The van der Waals surface area contributed by atoms with Crippen molar-refractivity contribution >= 4 is 0 Å². The second-order valence-electron chi connectivity index (χ2n) is 4.73. The zero-order chi connectivity index (χ0) is 14.5. The highest BCUT2D eigenvalue weighted by Crippen LogP contribution is 2.26. The van der Waals surface area contributed by atoms with Crippen LogP contribution < -0.4 is 5.32 Å². The molecule has 0 radical (unpaired) electrons. The molecule has 1 N–H and O–H groups in total. The van der Waals surface area contributed by atoms with Crippen molar-refractivity contribution in [3.05, 3.63) is 65.0 Å². The minimum Gasteiger partial charge on any atom is -0.306 e. The summed E-state index contributed by atoms with van der Waals surface area (Å²) in [6, 6.07) is 6.84. The second kappa shape index (κ2) is 6.57. The number of nitrogens with one attached hydrogen (secondary N) is 1. The third kappa shape index (κ3) is 3.20. The number of aryl methyl sites for hydroxylation is 1. The highest BCUT2D eigenvalue weighted by molar-refractivity contribution is 5.34. The Morgan fingerprint density at radius 2 is 2.00 bits per heavy atom. The lowest BCUT2D eigenvalue weighted by Crippen LogP contribution is -2.25. The lowest BCUT2D eigenvalue weighted by molar-refractivity contribution is 0.533. The Kier molecular flexibility index (Phi) is 4.79. The molecule has 0 saturated carbocycles. The van der Waals surface area contributed by atoms with Gasteiger partial charge >= 0.3 is 0 Å². The molecule has 1 aromatic carbocycles. The SMILES string of the molecule is CCCNC(c1cc(F)ccc1F)c1cccnc1C. The number of nitrogens with zero attached hydrogens (tertiary/aromatic N) is 1. The van der Waals surface area contributed by atoms with Gasteiger partial charge in [0.2, 0.25) is 0 Å². The van der Waals surface area contributed by atoms with Crippen molar-refractivity contribution < 1.29 is 8.78 Å². The van der Waals surface area contributed by atoms with Crippen molar-refractivity contribution in [2.45, 2.75) is 26.3 Å². The molecule has 0 fully saturated rings. The summed E-state index contributed by atoms with van der Waals surface area (Å²) < 4.78 is 27.5.